The van der Waals surface area contributed by atoms with Gasteiger partial charge in [0, 0.05) is 30.9 Å². The summed E-state index contributed by atoms with van der Waals surface area (Å²) in [5.41, 5.74) is 1.37. The standard InChI is InChI=1S/C18H20N2.2H2S/c1-2-6-15-11-17(10-9-14(15)5-1)20-13-16-7-3-4-8-18(20)12-19-16;;/h1-6,9-11,16,18-19H,7-8,12-13H2;2*1H2/b4-3-;;/t16-,18-;;/m0../s1. The van der Waals surface area contributed by atoms with Crippen LogP contribution in [-0.2, 0) is 0 Å². The van der Waals surface area contributed by atoms with Gasteiger partial charge in [-0.1, -0.05) is 42.5 Å². The van der Waals surface area contributed by atoms with E-state index >= 15 is 0 Å². The lowest BCUT2D eigenvalue weighted by atomic mass is 9.98. The highest BCUT2D eigenvalue weighted by atomic mass is 32.1. The highest BCUT2D eigenvalue weighted by Gasteiger charge is 2.28. The maximum Gasteiger partial charge on any atom is 0.0449 e. The number of benzene rings is 2. The highest BCUT2D eigenvalue weighted by Crippen LogP contribution is 2.27. The van der Waals surface area contributed by atoms with Crippen LogP contribution in [0.4, 0.5) is 5.69 Å². The molecule has 5 rings (SSSR count). The average Bonchev–Trinajstić information content (AvgIpc) is 2.47. The van der Waals surface area contributed by atoms with Gasteiger partial charge in [0.2, 0.25) is 0 Å². The monoisotopic (exact) mass is 332 g/mol. The normalized spacial score (nSPS) is 24.8. The summed E-state index contributed by atoms with van der Waals surface area (Å²) < 4.78 is 0. The summed E-state index contributed by atoms with van der Waals surface area (Å²) in [4.78, 5) is 2.59. The van der Waals surface area contributed by atoms with Gasteiger partial charge in [0.15, 0.2) is 0 Å². The molecule has 3 heterocycles. The Labute approximate surface area is 146 Å². The third kappa shape index (κ3) is 3.29. The van der Waals surface area contributed by atoms with Crippen molar-refractivity contribution in [3.63, 3.8) is 0 Å². The third-order valence-corrected chi connectivity index (χ3v) is 4.56. The van der Waals surface area contributed by atoms with Crippen LogP contribution in [0.15, 0.2) is 54.6 Å². The van der Waals surface area contributed by atoms with Gasteiger partial charge < -0.3 is 10.2 Å². The van der Waals surface area contributed by atoms with Crippen LogP contribution in [0.1, 0.15) is 12.8 Å². The molecule has 118 valence electrons. The highest BCUT2D eigenvalue weighted by molar-refractivity contribution is 7.59. The molecule has 2 bridgehead atoms. The molecule has 2 atom stereocenters. The molecule has 2 nitrogen and oxygen atoms in total. The first-order valence-electron chi connectivity index (χ1n) is 7.54. The molecule has 4 heteroatoms. The van der Waals surface area contributed by atoms with E-state index in [9.17, 15) is 0 Å². The summed E-state index contributed by atoms with van der Waals surface area (Å²) in [6.07, 6.45) is 6.98. The van der Waals surface area contributed by atoms with Gasteiger partial charge in [-0.15, -0.1) is 0 Å². The minimum absolute atomic E-state index is 0. The smallest absolute Gasteiger partial charge is 0.0449 e. The quantitative estimate of drug-likeness (QED) is 0.803. The molecular weight excluding hydrogens is 308 g/mol. The zero-order chi connectivity index (χ0) is 13.4. The third-order valence-electron chi connectivity index (χ3n) is 4.56. The van der Waals surface area contributed by atoms with Gasteiger partial charge in [-0.3, -0.25) is 0 Å². The van der Waals surface area contributed by atoms with E-state index in [2.05, 4.69) is 64.8 Å². The van der Waals surface area contributed by atoms with Crippen LogP contribution in [0.25, 0.3) is 10.8 Å². The van der Waals surface area contributed by atoms with Crippen LogP contribution >= 0.6 is 27.0 Å². The fraction of sp³-hybridized carbons (Fsp3) is 0.333. The van der Waals surface area contributed by atoms with Crippen LogP contribution in [0.5, 0.6) is 0 Å². The predicted octanol–water partition coefficient (Wildman–Crippen LogP) is 3.56. The first kappa shape index (κ1) is 17.3. The van der Waals surface area contributed by atoms with Crippen molar-refractivity contribution in [3.8, 4) is 0 Å². The number of hydrogen-bond acceptors (Lipinski definition) is 2. The summed E-state index contributed by atoms with van der Waals surface area (Å²) >= 11 is 0. The number of fused-ring (bicyclic) bond motifs is 5. The van der Waals surface area contributed by atoms with Gasteiger partial charge in [-0.05, 0) is 35.7 Å². The van der Waals surface area contributed by atoms with Gasteiger partial charge >= 0.3 is 0 Å². The lowest BCUT2D eigenvalue weighted by Gasteiger charge is -2.42. The van der Waals surface area contributed by atoms with E-state index in [-0.39, 0.29) is 27.0 Å². The Morgan fingerprint density at radius 2 is 1.68 bits per heavy atom. The summed E-state index contributed by atoms with van der Waals surface area (Å²) in [6, 6.07) is 16.7. The van der Waals surface area contributed by atoms with Gasteiger partial charge in [0.1, 0.15) is 0 Å². The Morgan fingerprint density at radius 3 is 2.55 bits per heavy atom. The number of hydrogen-bond donors (Lipinski definition) is 1. The molecular formula is C18H24N2S2. The molecule has 1 fully saturated rings. The van der Waals surface area contributed by atoms with Gasteiger partial charge in [-0.2, -0.15) is 27.0 Å². The van der Waals surface area contributed by atoms with Crippen molar-refractivity contribution in [2.75, 3.05) is 18.0 Å². The number of anilines is 1. The van der Waals surface area contributed by atoms with Crippen molar-refractivity contribution < 1.29 is 0 Å². The van der Waals surface area contributed by atoms with Crippen molar-refractivity contribution in [1.82, 2.24) is 5.32 Å². The van der Waals surface area contributed by atoms with E-state index in [1.807, 2.05) is 0 Å². The number of piperazine rings is 1. The summed E-state index contributed by atoms with van der Waals surface area (Å²) in [5.74, 6) is 0. The fourth-order valence-corrected chi connectivity index (χ4v) is 3.42. The topological polar surface area (TPSA) is 15.3 Å². The van der Waals surface area contributed by atoms with Crippen molar-refractivity contribution in [1.29, 1.82) is 0 Å². The second-order valence-electron chi connectivity index (χ2n) is 5.89. The first-order chi connectivity index (χ1) is 9.90. The minimum atomic E-state index is 0. The average molecular weight is 333 g/mol. The fourth-order valence-electron chi connectivity index (χ4n) is 3.42. The maximum absolute atomic E-state index is 3.67. The zero-order valence-corrected chi connectivity index (χ0v) is 14.6. The molecule has 0 aliphatic carbocycles. The Bertz CT molecular complexity index is 656. The summed E-state index contributed by atoms with van der Waals surface area (Å²) in [5, 5.41) is 6.33. The van der Waals surface area contributed by atoms with Crippen molar-refractivity contribution >= 4 is 43.5 Å². The van der Waals surface area contributed by atoms with E-state index < -0.39 is 0 Å². The van der Waals surface area contributed by atoms with Crippen molar-refractivity contribution in [2.45, 2.75) is 24.9 Å². The van der Waals surface area contributed by atoms with Crippen LogP contribution < -0.4 is 10.2 Å². The molecule has 0 radical (unpaired) electrons. The molecule has 1 saturated heterocycles. The molecule has 0 saturated carbocycles. The number of nitrogens with one attached hydrogen (secondary N) is 1. The van der Waals surface area contributed by atoms with Crippen molar-refractivity contribution in [2.24, 2.45) is 0 Å². The summed E-state index contributed by atoms with van der Waals surface area (Å²) in [7, 11) is 0. The van der Waals surface area contributed by atoms with Gasteiger partial charge in [0.05, 0.1) is 0 Å². The Morgan fingerprint density at radius 1 is 0.909 bits per heavy atom. The van der Waals surface area contributed by atoms with Crippen LogP contribution in [0.3, 0.4) is 0 Å². The van der Waals surface area contributed by atoms with E-state index in [1.54, 1.807) is 0 Å². The molecule has 1 N–H and O–H groups in total. The SMILES string of the molecule is C1=C\C[C@H]2CN[C@@H](C/1)CN2c1ccc2ccccc2c1.S.S. The first-order valence-corrected chi connectivity index (χ1v) is 7.54. The molecule has 2 aromatic carbocycles. The molecule has 3 aliphatic heterocycles. The molecule has 2 aromatic rings. The molecule has 0 amide bonds. The molecule has 0 spiro atoms. The predicted molar refractivity (Wildman–Crippen MR) is 106 cm³/mol. The van der Waals surface area contributed by atoms with E-state index in [1.165, 1.54) is 16.5 Å². The second-order valence-corrected chi connectivity index (χ2v) is 5.89. The number of rotatable bonds is 1. The lowest BCUT2D eigenvalue weighted by Crippen LogP contribution is -2.57. The van der Waals surface area contributed by atoms with E-state index in [0.29, 0.717) is 12.1 Å². The second kappa shape index (κ2) is 7.44. The Kier molecular flexibility index (Phi) is 5.84. The van der Waals surface area contributed by atoms with Crippen LogP contribution in [0, 0.1) is 0 Å². The van der Waals surface area contributed by atoms with E-state index in [0.717, 1.165) is 25.9 Å². The van der Waals surface area contributed by atoms with Crippen LogP contribution in [-0.4, -0.2) is 25.2 Å². The molecule has 22 heavy (non-hydrogen) atoms. The minimum Gasteiger partial charge on any atom is -0.365 e. The maximum atomic E-state index is 3.67. The van der Waals surface area contributed by atoms with E-state index in [4.69, 9.17) is 0 Å². The van der Waals surface area contributed by atoms with Gasteiger partial charge in [-0.25, -0.2) is 0 Å². The lowest BCUT2D eigenvalue weighted by molar-refractivity contribution is 0.386. The molecule has 0 unspecified atom stereocenters. The molecule has 0 aromatic heterocycles. The Hall–Kier alpha value is -1.10. The number of nitrogens with zero attached hydrogens (tertiary/aromatic N) is 1. The van der Waals surface area contributed by atoms with Crippen molar-refractivity contribution in [3.05, 3.63) is 54.6 Å². The van der Waals surface area contributed by atoms with Gasteiger partial charge in [0.25, 0.3) is 0 Å². The van der Waals surface area contributed by atoms with Crippen LogP contribution in [0.2, 0.25) is 0 Å². The summed E-state index contributed by atoms with van der Waals surface area (Å²) in [6.45, 7) is 2.22. The largest absolute Gasteiger partial charge is 0.365 e. The Balaban J connectivity index is 0.000000882. The molecule has 3 aliphatic rings. The zero-order valence-electron chi connectivity index (χ0n) is 12.6.